The Morgan fingerprint density at radius 2 is 2.33 bits per heavy atom. The highest BCUT2D eigenvalue weighted by Crippen LogP contribution is 1.99. The molecule has 0 bridgehead atoms. The third-order valence-corrected chi connectivity index (χ3v) is 2.22. The van der Waals surface area contributed by atoms with Crippen molar-refractivity contribution >= 4 is 5.91 Å². The minimum Gasteiger partial charge on any atom is -0.355 e. The number of hydrogen-bond acceptors (Lipinski definition) is 3. The standard InChI is InChI=1S/C8H17N3O/c1-7(12)10-3-4-11(2)8-5-9-6-8/h8-9H,3-6H2,1-2H3,(H,10,12). The first-order chi connectivity index (χ1) is 5.70. The van der Waals surface area contributed by atoms with Gasteiger partial charge in [-0.2, -0.15) is 0 Å². The molecule has 0 saturated carbocycles. The van der Waals surface area contributed by atoms with Gasteiger partial charge in [-0.1, -0.05) is 0 Å². The molecule has 1 heterocycles. The van der Waals surface area contributed by atoms with Crippen molar-refractivity contribution in [3.8, 4) is 0 Å². The monoisotopic (exact) mass is 171 g/mol. The number of nitrogens with zero attached hydrogens (tertiary/aromatic N) is 1. The smallest absolute Gasteiger partial charge is 0.216 e. The van der Waals surface area contributed by atoms with Crippen molar-refractivity contribution in [2.75, 3.05) is 33.2 Å². The van der Waals surface area contributed by atoms with Crippen molar-refractivity contribution < 1.29 is 4.79 Å². The fourth-order valence-electron chi connectivity index (χ4n) is 1.18. The molecule has 4 heteroatoms. The molecule has 12 heavy (non-hydrogen) atoms. The zero-order chi connectivity index (χ0) is 8.97. The zero-order valence-electron chi connectivity index (χ0n) is 7.76. The Morgan fingerprint density at radius 3 is 2.75 bits per heavy atom. The average Bonchev–Trinajstić information content (AvgIpc) is 1.81. The van der Waals surface area contributed by atoms with Crippen LogP contribution >= 0.6 is 0 Å². The molecular formula is C8H17N3O. The number of carbonyl (C=O) groups is 1. The number of hydrogen-bond donors (Lipinski definition) is 2. The van der Waals surface area contributed by atoms with Gasteiger partial charge in [-0.25, -0.2) is 0 Å². The van der Waals surface area contributed by atoms with E-state index >= 15 is 0 Å². The molecule has 0 aliphatic carbocycles. The quantitative estimate of drug-likeness (QED) is 0.572. The lowest BCUT2D eigenvalue weighted by Crippen LogP contribution is -2.56. The van der Waals surface area contributed by atoms with Crippen molar-refractivity contribution in [1.82, 2.24) is 15.5 Å². The minimum atomic E-state index is 0.0511. The van der Waals surface area contributed by atoms with Gasteiger partial charge in [0.15, 0.2) is 0 Å². The van der Waals surface area contributed by atoms with E-state index in [0.29, 0.717) is 6.04 Å². The summed E-state index contributed by atoms with van der Waals surface area (Å²) in [5.74, 6) is 0.0511. The van der Waals surface area contributed by atoms with Crippen LogP contribution in [-0.2, 0) is 4.79 Å². The van der Waals surface area contributed by atoms with Crippen LogP contribution in [0.2, 0.25) is 0 Å². The van der Waals surface area contributed by atoms with Crippen LogP contribution < -0.4 is 10.6 Å². The number of rotatable bonds is 4. The van der Waals surface area contributed by atoms with E-state index in [1.54, 1.807) is 6.92 Å². The largest absolute Gasteiger partial charge is 0.355 e. The fourth-order valence-corrected chi connectivity index (χ4v) is 1.18. The van der Waals surface area contributed by atoms with E-state index in [4.69, 9.17) is 0 Å². The molecule has 0 aromatic heterocycles. The second-order valence-corrected chi connectivity index (χ2v) is 3.28. The predicted molar refractivity (Wildman–Crippen MR) is 48.0 cm³/mol. The van der Waals surface area contributed by atoms with Crippen LogP contribution in [0, 0.1) is 0 Å². The number of nitrogens with one attached hydrogen (secondary N) is 2. The second kappa shape index (κ2) is 4.42. The van der Waals surface area contributed by atoms with E-state index in [-0.39, 0.29) is 5.91 Å². The Hall–Kier alpha value is -0.610. The van der Waals surface area contributed by atoms with Crippen LogP contribution in [0.15, 0.2) is 0 Å². The molecule has 1 amide bonds. The van der Waals surface area contributed by atoms with E-state index in [1.165, 1.54) is 0 Å². The number of likely N-dealkylation sites (N-methyl/N-ethyl adjacent to an activating group) is 1. The van der Waals surface area contributed by atoms with Gasteiger partial charge in [-0.05, 0) is 7.05 Å². The third kappa shape index (κ3) is 2.79. The molecule has 70 valence electrons. The molecule has 0 unspecified atom stereocenters. The SMILES string of the molecule is CC(=O)NCCN(C)C1CNC1. The maximum atomic E-state index is 10.5. The van der Waals surface area contributed by atoms with Crippen molar-refractivity contribution in [2.45, 2.75) is 13.0 Å². The first-order valence-corrected chi connectivity index (χ1v) is 4.35. The molecule has 1 fully saturated rings. The average molecular weight is 171 g/mol. The number of amides is 1. The first kappa shape index (κ1) is 9.48. The van der Waals surface area contributed by atoms with E-state index in [0.717, 1.165) is 26.2 Å². The molecular weight excluding hydrogens is 154 g/mol. The molecule has 4 nitrogen and oxygen atoms in total. The van der Waals surface area contributed by atoms with Crippen molar-refractivity contribution in [3.05, 3.63) is 0 Å². The van der Waals surface area contributed by atoms with Gasteiger partial charge in [0.1, 0.15) is 0 Å². The molecule has 2 N–H and O–H groups in total. The summed E-state index contributed by atoms with van der Waals surface area (Å²) in [5.41, 5.74) is 0. The van der Waals surface area contributed by atoms with Crippen molar-refractivity contribution in [2.24, 2.45) is 0 Å². The Labute approximate surface area is 73.3 Å². The van der Waals surface area contributed by atoms with Gasteiger partial charge in [0.25, 0.3) is 0 Å². The Morgan fingerprint density at radius 1 is 1.67 bits per heavy atom. The highest BCUT2D eigenvalue weighted by molar-refractivity contribution is 5.72. The normalized spacial score (nSPS) is 17.6. The molecule has 0 aromatic rings. The van der Waals surface area contributed by atoms with E-state index in [1.807, 2.05) is 0 Å². The highest BCUT2D eigenvalue weighted by atomic mass is 16.1. The molecule has 1 saturated heterocycles. The summed E-state index contributed by atoms with van der Waals surface area (Å²) in [6, 6.07) is 0.666. The van der Waals surface area contributed by atoms with E-state index < -0.39 is 0 Å². The fraction of sp³-hybridized carbons (Fsp3) is 0.875. The van der Waals surface area contributed by atoms with Crippen LogP contribution in [0.4, 0.5) is 0 Å². The lowest BCUT2D eigenvalue weighted by molar-refractivity contribution is -0.119. The highest BCUT2D eigenvalue weighted by Gasteiger charge is 2.20. The van der Waals surface area contributed by atoms with Gasteiger partial charge in [-0.15, -0.1) is 0 Å². The number of carbonyl (C=O) groups excluding carboxylic acids is 1. The molecule has 1 aliphatic heterocycles. The second-order valence-electron chi connectivity index (χ2n) is 3.28. The summed E-state index contributed by atoms with van der Waals surface area (Å²) in [6.07, 6.45) is 0. The van der Waals surface area contributed by atoms with Crippen LogP contribution in [0.3, 0.4) is 0 Å². The molecule has 0 spiro atoms. The Kier molecular flexibility index (Phi) is 3.49. The maximum absolute atomic E-state index is 10.5. The van der Waals surface area contributed by atoms with E-state index in [2.05, 4.69) is 22.6 Å². The Balaban J connectivity index is 2.01. The lowest BCUT2D eigenvalue weighted by atomic mass is 10.1. The van der Waals surface area contributed by atoms with Crippen LogP contribution in [0.1, 0.15) is 6.92 Å². The summed E-state index contributed by atoms with van der Waals surface area (Å²) in [5, 5.41) is 5.99. The zero-order valence-corrected chi connectivity index (χ0v) is 7.76. The van der Waals surface area contributed by atoms with Gasteiger partial charge in [0, 0.05) is 39.1 Å². The summed E-state index contributed by atoms with van der Waals surface area (Å²) in [4.78, 5) is 12.8. The van der Waals surface area contributed by atoms with Crippen LogP contribution in [-0.4, -0.2) is 50.1 Å². The maximum Gasteiger partial charge on any atom is 0.216 e. The van der Waals surface area contributed by atoms with E-state index in [9.17, 15) is 4.79 Å². The van der Waals surface area contributed by atoms with Crippen molar-refractivity contribution in [1.29, 1.82) is 0 Å². The summed E-state index contributed by atoms with van der Waals surface area (Å²) < 4.78 is 0. The lowest BCUT2D eigenvalue weighted by Gasteiger charge is -2.35. The minimum absolute atomic E-state index is 0.0511. The molecule has 1 aliphatic rings. The molecule has 0 radical (unpaired) electrons. The summed E-state index contributed by atoms with van der Waals surface area (Å²) >= 11 is 0. The summed E-state index contributed by atoms with van der Waals surface area (Å²) in [6.45, 7) is 5.40. The first-order valence-electron chi connectivity index (χ1n) is 4.35. The van der Waals surface area contributed by atoms with Crippen LogP contribution in [0.25, 0.3) is 0 Å². The van der Waals surface area contributed by atoms with Gasteiger partial charge < -0.3 is 10.6 Å². The molecule has 0 atom stereocenters. The van der Waals surface area contributed by atoms with Gasteiger partial charge in [-0.3, -0.25) is 9.69 Å². The molecule has 1 rings (SSSR count). The van der Waals surface area contributed by atoms with Gasteiger partial charge >= 0.3 is 0 Å². The van der Waals surface area contributed by atoms with Gasteiger partial charge in [0.05, 0.1) is 0 Å². The predicted octanol–water partition coefficient (Wildman–Crippen LogP) is -0.974. The molecule has 0 aromatic carbocycles. The third-order valence-electron chi connectivity index (χ3n) is 2.22. The topological polar surface area (TPSA) is 44.4 Å². The van der Waals surface area contributed by atoms with Gasteiger partial charge in [0.2, 0.25) is 5.91 Å². The van der Waals surface area contributed by atoms with Crippen LogP contribution in [0.5, 0.6) is 0 Å². The Bertz CT molecular complexity index is 156. The van der Waals surface area contributed by atoms with Crippen molar-refractivity contribution in [3.63, 3.8) is 0 Å². The summed E-state index contributed by atoms with van der Waals surface area (Å²) in [7, 11) is 2.09.